The van der Waals surface area contributed by atoms with Crippen molar-refractivity contribution in [2.24, 2.45) is 5.41 Å². The minimum Gasteiger partial charge on any atom is -0.493 e. The summed E-state index contributed by atoms with van der Waals surface area (Å²) in [5.41, 5.74) is 0.420. The van der Waals surface area contributed by atoms with Gasteiger partial charge in [0.05, 0.1) is 6.61 Å². The van der Waals surface area contributed by atoms with Crippen LogP contribution in [0.25, 0.3) is 0 Å². The third-order valence-corrected chi connectivity index (χ3v) is 5.10. The van der Waals surface area contributed by atoms with E-state index in [-0.39, 0.29) is 0 Å². The van der Waals surface area contributed by atoms with Crippen LogP contribution >= 0.6 is 11.8 Å². The molecule has 98 valence electrons. The fraction of sp³-hybridized carbons (Fsp3) is 0.600. The molecule has 2 nitrogen and oxygen atoms in total. The van der Waals surface area contributed by atoms with Gasteiger partial charge in [-0.15, -0.1) is 0 Å². The number of benzene rings is 1. The molecule has 1 aromatic rings. The van der Waals surface area contributed by atoms with Crippen molar-refractivity contribution in [3.05, 3.63) is 30.3 Å². The molecule has 1 N–H and O–H groups in total. The lowest BCUT2D eigenvalue weighted by molar-refractivity contribution is 0.226. The van der Waals surface area contributed by atoms with Crippen LogP contribution in [0.1, 0.15) is 19.3 Å². The van der Waals surface area contributed by atoms with E-state index in [0.717, 1.165) is 24.9 Å². The molecular weight excluding hydrogens is 242 g/mol. The van der Waals surface area contributed by atoms with E-state index in [1.807, 2.05) is 30.3 Å². The average molecular weight is 263 g/mol. The highest BCUT2D eigenvalue weighted by atomic mass is 32.2. The molecule has 1 unspecified atom stereocenters. The van der Waals surface area contributed by atoms with Crippen molar-refractivity contribution in [2.45, 2.75) is 25.3 Å². The van der Waals surface area contributed by atoms with E-state index in [4.69, 9.17) is 4.74 Å². The first-order valence-corrected chi connectivity index (χ1v) is 8.01. The number of nitrogens with one attached hydrogen (secondary N) is 1. The predicted molar refractivity (Wildman–Crippen MR) is 77.3 cm³/mol. The Bertz CT molecular complexity index is 371. The number of hydrogen-bond donors (Lipinski definition) is 1. The molecule has 1 aliphatic heterocycles. The van der Waals surface area contributed by atoms with Gasteiger partial charge in [-0.3, -0.25) is 0 Å². The molecule has 1 saturated carbocycles. The summed E-state index contributed by atoms with van der Waals surface area (Å²) in [4.78, 5) is 0. The summed E-state index contributed by atoms with van der Waals surface area (Å²) in [5.74, 6) is 3.61. The molecule has 1 heterocycles. The number of thioether (sulfide) groups is 1. The fourth-order valence-corrected chi connectivity index (χ4v) is 3.55. The van der Waals surface area contributed by atoms with Crippen LogP contribution in [0.15, 0.2) is 30.3 Å². The largest absolute Gasteiger partial charge is 0.493 e. The van der Waals surface area contributed by atoms with Gasteiger partial charge in [-0.1, -0.05) is 18.2 Å². The van der Waals surface area contributed by atoms with Crippen molar-refractivity contribution < 1.29 is 4.74 Å². The number of hydrogen-bond acceptors (Lipinski definition) is 3. The summed E-state index contributed by atoms with van der Waals surface area (Å²) in [6.45, 7) is 1.99. The smallest absolute Gasteiger partial charge is 0.119 e. The molecule has 0 aromatic heterocycles. The Balaban J connectivity index is 1.44. The molecule has 3 rings (SSSR count). The van der Waals surface area contributed by atoms with Gasteiger partial charge in [0.1, 0.15) is 5.75 Å². The van der Waals surface area contributed by atoms with Gasteiger partial charge in [-0.25, -0.2) is 0 Å². The Morgan fingerprint density at radius 3 is 2.78 bits per heavy atom. The zero-order valence-corrected chi connectivity index (χ0v) is 11.5. The SMILES string of the molecule is c1ccc(OCC2(CNC3CCSC3)CC2)cc1. The Hall–Kier alpha value is -0.670. The predicted octanol–water partition coefficient (Wildman–Crippen LogP) is 2.94. The van der Waals surface area contributed by atoms with E-state index < -0.39 is 0 Å². The van der Waals surface area contributed by atoms with Gasteiger partial charge in [0, 0.05) is 23.8 Å². The summed E-state index contributed by atoms with van der Waals surface area (Å²) in [5, 5.41) is 3.72. The number of para-hydroxylation sites is 1. The number of ether oxygens (including phenoxy) is 1. The van der Waals surface area contributed by atoms with Crippen molar-refractivity contribution in [1.29, 1.82) is 0 Å². The maximum atomic E-state index is 5.90. The van der Waals surface area contributed by atoms with E-state index in [2.05, 4.69) is 17.1 Å². The Morgan fingerprint density at radius 1 is 1.28 bits per heavy atom. The minimum atomic E-state index is 0.420. The van der Waals surface area contributed by atoms with Gasteiger partial charge < -0.3 is 10.1 Å². The molecule has 0 bridgehead atoms. The summed E-state index contributed by atoms with van der Waals surface area (Å²) in [6.07, 6.45) is 3.96. The lowest BCUT2D eigenvalue weighted by Gasteiger charge is -2.19. The van der Waals surface area contributed by atoms with Crippen LogP contribution in [0, 0.1) is 5.41 Å². The van der Waals surface area contributed by atoms with Crippen LogP contribution in [-0.2, 0) is 0 Å². The Labute approximate surface area is 113 Å². The second-order valence-corrected chi connectivity index (χ2v) is 6.69. The first-order valence-electron chi connectivity index (χ1n) is 6.85. The zero-order chi connectivity index (χ0) is 12.3. The van der Waals surface area contributed by atoms with Gasteiger partial charge in [0.15, 0.2) is 0 Å². The lowest BCUT2D eigenvalue weighted by Crippen LogP contribution is -2.36. The van der Waals surface area contributed by atoms with E-state index in [0.29, 0.717) is 5.41 Å². The Kier molecular flexibility index (Phi) is 3.80. The van der Waals surface area contributed by atoms with Gasteiger partial charge in [0.25, 0.3) is 0 Å². The maximum Gasteiger partial charge on any atom is 0.119 e. The minimum absolute atomic E-state index is 0.420. The van der Waals surface area contributed by atoms with Crippen LogP contribution in [0.5, 0.6) is 5.75 Å². The van der Waals surface area contributed by atoms with Gasteiger partial charge in [-0.05, 0) is 37.1 Å². The van der Waals surface area contributed by atoms with E-state index >= 15 is 0 Å². The fourth-order valence-electron chi connectivity index (χ4n) is 2.36. The molecule has 2 fully saturated rings. The van der Waals surface area contributed by atoms with E-state index in [9.17, 15) is 0 Å². The summed E-state index contributed by atoms with van der Waals surface area (Å²) in [6, 6.07) is 10.9. The summed E-state index contributed by atoms with van der Waals surface area (Å²) < 4.78 is 5.90. The van der Waals surface area contributed by atoms with Crippen molar-refractivity contribution in [3.63, 3.8) is 0 Å². The third-order valence-electron chi connectivity index (χ3n) is 3.94. The molecule has 0 radical (unpaired) electrons. The molecule has 2 aliphatic rings. The van der Waals surface area contributed by atoms with Gasteiger partial charge >= 0.3 is 0 Å². The molecule has 0 spiro atoms. The van der Waals surface area contributed by atoms with Crippen molar-refractivity contribution in [2.75, 3.05) is 24.7 Å². The van der Waals surface area contributed by atoms with Crippen molar-refractivity contribution in [3.8, 4) is 5.75 Å². The molecule has 1 atom stereocenters. The van der Waals surface area contributed by atoms with Crippen LogP contribution in [0.2, 0.25) is 0 Å². The van der Waals surface area contributed by atoms with Gasteiger partial charge in [-0.2, -0.15) is 11.8 Å². The molecule has 1 saturated heterocycles. The molecule has 3 heteroatoms. The van der Waals surface area contributed by atoms with E-state index in [1.165, 1.54) is 30.8 Å². The normalized spacial score (nSPS) is 25.0. The van der Waals surface area contributed by atoms with Crippen LogP contribution < -0.4 is 10.1 Å². The first kappa shape index (κ1) is 12.4. The number of rotatable bonds is 6. The van der Waals surface area contributed by atoms with Crippen molar-refractivity contribution in [1.82, 2.24) is 5.32 Å². The standard InChI is InChI=1S/C15H21NOS/c1-2-4-14(5-3-1)17-12-15(7-8-15)11-16-13-6-9-18-10-13/h1-5,13,16H,6-12H2. The summed E-state index contributed by atoms with van der Waals surface area (Å²) >= 11 is 2.07. The second-order valence-electron chi connectivity index (χ2n) is 5.54. The molecule has 18 heavy (non-hydrogen) atoms. The van der Waals surface area contributed by atoms with Crippen LogP contribution in [0.3, 0.4) is 0 Å². The zero-order valence-electron chi connectivity index (χ0n) is 10.7. The maximum absolute atomic E-state index is 5.90. The molecule has 1 aromatic carbocycles. The highest BCUT2D eigenvalue weighted by molar-refractivity contribution is 7.99. The average Bonchev–Trinajstić information content (AvgIpc) is 3.00. The quantitative estimate of drug-likeness (QED) is 0.852. The highest BCUT2D eigenvalue weighted by Crippen LogP contribution is 2.45. The van der Waals surface area contributed by atoms with Crippen molar-refractivity contribution >= 4 is 11.8 Å². The Morgan fingerprint density at radius 2 is 2.11 bits per heavy atom. The summed E-state index contributed by atoms with van der Waals surface area (Å²) in [7, 11) is 0. The third kappa shape index (κ3) is 3.21. The lowest BCUT2D eigenvalue weighted by atomic mass is 10.1. The molecule has 0 amide bonds. The molecular formula is C15H21NOS. The van der Waals surface area contributed by atoms with Gasteiger partial charge in [0.2, 0.25) is 0 Å². The highest BCUT2D eigenvalue weighted by Gasteiger charge is 2.43. The second kappa shape index (κ2) is 5.54. The van der Waals surface area contributed by atoms with Crippen LogP contribution in [-0.4, -0.2) is 30.7 Å². The first-order chi connectivity index (χ1) is 8.86. The monoisotopic (exact) mass is 263 g/mol. The molecule has 1 aliphatic carbocycles. The topological polar surface area (TPSA) is 21.3 Å². The van der Waals surface area contributed by atoms with Crippen LogP contribution in [0.4, 0.5) is 0 Å². The van der Waals surface area contributed by atoms with E-state index in [1.54, 1.807) is 0 Å².